The van der Waals surface area contributed by atoms with Crippen molar-refractivity contribution in [1.29, 1.82) is 0 Å². The summed E-state index contributed by atoms with van der Waals surface area (Å²) in [6.45, 7) is 1.50. The van der Waals surface area contributed by atoms with Gasteiger partial charge < -0.3 is 22.3 Å². The van der Waals surface area contributed by atoms with E-state index in [0.717, 1.165) is 0 Å². The van der Waals surface area contributed by atoms with Crippen molar-refractivity contribution < 1.29 is 9.90 Å². The molecule has 1 atom stereocenters. The Labute approximate surface area is 47.5 Å². The van der Waals surface area contributed by atoms with Crippen LogP contribution < -0.4 is 17.2 Å². The molecule has 0 aliphatic rings. The van der Waals surface area contributed by atoms with Crippen LogP contribution in [-0.2, 0) is 0 Å². The molecule has 0 fully saturated rings. The van der Waals surface area contributed by atoms with E-state index in [1.165, 1.54) is 6.92 Å². The zero-order chi connectivity index (χ0) is 7.15. The molecule has 0 bridgehead atoms. The number of carbonyl (C=O) groups is 1. The van der Waals surface area contributed by atoms with E-state index in [0.29, 0.717) is 0 Å². The van der Waals surface area contributed by atoms with Gasteiger partial charge in [0.15, 0.2) is 0 Å². The van der Waals surface area contributed by atoms with E-state index in [4.69, 9.17) is 9.90 Å². The topological polar surface area (TPSA) is 115 Å². The van der Waals surface area contributed by atoms with Crippen molar-refractivity contribution in [2.75, 3.05) is 0 Å². The molecular formula is C3H11N3O2. The minimum Gasteiger partial charge on any atom is -0.379 e. The van der Waals surface area contributed by atoms with Crippen LogP contribution in [0.25, 0.3) is 0 Å². The first-order chi connectivity index (χ1) is 3.46. The summed E-state index contributed by atoms with van der Waals surface area (Å²) < 4.78 is 0. The lowest BCUT2D eigenvalue weighted by Crippen LogP contribution is -2.18. The van der Waals surface area contributed by atoms with Crippen molar-refractivity contribution in [2.24, 2.45) is 17.2 Å². The molecule has 0 heterocycles. The molecule has 5 nitrogen and oxygen atoms in total. The van der Waals surface area contributed by atoms with Crippen LogP contribution >= 0.6 is 0 Å². The largest absolute Gasteiger partial charge is 0.379 e. The number of urea groups is 1. The molecule has 0 rings (SSSR count). The second-order valence-corrected chi connectivity index (χ2v) is 1.14. The van der Waals surface area contributed by atoms with Crippen LogP contribution in [0.15, 0.2) is 0 Å². The SMILES string of the molecule is CC(N)O.NC(N)=O. The summed E-state index contributed by atoms with van der Waals surface area (Å²) >= 11 is 0. The third kappa shape index (κ3) is 139. The fourth-order valence-corrected chi connectivity index (χ4v) is 0. The van der Waals surface area contributed by atoms with Crippen molar-refractivity contribution >= 4 is 6.03 Å². The fourth-order valence-electron chi connectivity index (χ4n) is 0. The average Bonchev–Trinajstić information content (AvgIpc) is 1.25. The van der Waals surface area contributed by atoms with Crippen molar-refractivity contribution in [3.8, 4) is 0 Å². The Hall–Kier alpha value is -0.810. The lowest BCUT2D eigenvalue weighted by Gasteiger charge is -1.82. The number of rotatable bonds is 0. The summed E-state index contributed by atoms with van der Waals surface area (Å²) in [4.78, 5) is 9.00. The fraction of sp³-hybridized carbons (Fsp3) is 0.667. The molecule has 0 saturated heterocycles. The number of carbonyl (C=O) groups excluding carboxylic acids is 1. The van der Waals surface area contributed by atoms with Crippen LogP contribution in [-0.4, -0.2) is 17.4 Å². The van der Waals surface area contributed by atoms with Crippen LogP contribution in [0.5, 0.6) is 0 Å². The quantitative estimate of drug-likeness (QED) is 0.286. The number of nitrogens with two attached hydrogens (primary N) is 3. The number of aliphatic hydroxyl groups is 1. The van der Waals surface area contributed by atoms with Gasteiger partial charge in [0, 0.05) is 0 Å². The molecular weight excluding hydrogens is 110 g/mol. The summed E-state index contributed by atoms with van der Waals surface area (Å²) in [7, 11) is 0. The zero-order valence-corrected chi connectivity index (χ0v) is 4.66. The van der Waals surface area contributed by atoms with Gasteiger partial charge >= 0.3 is 6.03 Å². The van der Waals surface area contributed by atoms with Gasteiger partial charge in [-0.05, 0) is 6.92 Å². The normalized spacial score (nSPS) is 10.9. The van der Waals surface area contributed by atoms with Crippen LogP contribution in [0.4, 0.5) is 4.79 Å². The van der Waals surface area contributed by atoms with Crippen molar-refractivity contribution in [2.45, 2.75) is 13.2 Å². The van der Waals surface area contributed by atoms with Gasteiger partial charge in [0.2, 0.25) is 0 Å². The van der Waals surface area contributed by atoms with E-state index in [1.807, 2.05) is 0 Å². The zero-order valence-electron chi connectivity index (χ0n) is 4.66. The van der Waals surface area contributed by atoms with Gasteiger partial charge in [-0.1, -0.05) is 0 Å². The number of amides is 2. The minimum atomic E-state index is -0.833. The van der Waals surface area contributed by atoms with Gasteiger partial charge in [-0.2, -0.15) is 0 Å². The van der Waals surface area contributed by atoms with Gasteiger partial charge in [-0.3, -0.25) is 0 Å². The smallest absolute Gasteiger partial charge is 0.309 e. The Bertz CT molecular complexity index is 56.8. The van der Waals surface area contributed by atoms with Gasteiger partial charge in [0.05, 0.1) is 6.23 Å². The predicted octanol–water partition coefficient (Wildman–Crippen LogP) is -1.69. The molecule has 50 valence electrons. The Morgan fingerprint density at radius 1 is 1.62 bits per heavy atom. The van der Waals surface area contributed by atoms with E-state index in [-0.39, 0.29) is 0 Å². The van der Waals surface area contributed by atoms with Crippen LogP contribution in [0.2, 0.25) is 0 Å². The summed E-state index contributed by atoms with van der Waals surface area (Å²) in [6.07, 6.45) is -0.667. The maximum Gasteiger partial charge on any atom is 0.309 e. The minimum absolute atomic E-state index is 0.667. The monoisotopic (exact) mass is 121 g/mol. The summed E-state index contributed by atoms with van der Waals surface area (Å²) in [5.74, 6) is 0. The van der Waals surface area contributed by atoms with E-state index < -0.39 is 12.3 Å². The standard InChI is InChI=1S/C2H7NO.CH4N2O/c1-2(3)4;2-1(3)4/h2,4H,3H2,1H3;(H4,2,3,4). The maximum atomic E-state index is 9.00. The average molecular weight is 121 g/mol. The van der Waals surface area contributed by atoms with Gasteiger partial charge in [0.25, 0.3) is 0 Å². The Kier molecular flexibility index (Phi) is 7.91. The van der Waals surface area contributed by atoms with E-state index in [1.54, 1.807) is 0 Å². The molecule has 0 aromatic carbocycles. The first kappa shape index (κ1) is 10.2. The van der Waals surface area contributed by atoms with Gasteiger partial charge in [0.1, 0.15) is 0 Å². The molecule has 0 aromatic heterocycles. The molecule has 0 aliphatic carbocycles. The Morgan fingerprint density at radius 2 is 1.62 bits per heavy atom. The second kappa shape index (κ2) is 6.19. The molecule has 0 aliphatic heterocycles. The maximum absolute atomic E-state index is 9.00. The molecule has 1 unspecified atom stereocenters. The first-order valence-electron chi connectivity index (χ1n) is 1.95. The van der Waals surface area contributed by atoms with E-state index >= 15 is 0 Å². The molecule has 0 spiro atoms. The number of aliphatic hydroxyl groups excluding tert-OH is 1. The van der Waals surface area contributed by atoms with Crippen molar-refractivity contribution in [3.63, 3.8) is 0 Å². The molecule has 0 aromatic rings. The predicted molar refractivity (Wildman–Crippen MR) is 29.6 cm³/mol. The van der Waals surface area contributed by atoms with Crippen molar-refractivity contribution in [1.82, 2.24) is 0 Å². The van der Waals surface area contributed by atoms with Crippen molar-refractivity contribution in [3.05, 3.63) is 0 Å². The molecule has 5 heteroatoms. The summed E-state index contributed by atoms with van der Waals surface area (Å²) in [6, 6.07) is -0.833. The lowest BCUT2D eigenvalue weighted by atomic mass is 10.7. The number of hydrogen-bond donors (Lipinski definition) is 4. The highest BCUT2D eigenvalue weighted by Gasteiger charge is 1.68. The molecule has 0 saturated carbocycles. The Morgan fingerprint density at radius 3 is 1.62 bits per heavy atom. The summed E-state index contributed by atoms with van der Waals surface area (Å²) in [5.41, 5.74) is 13.2. The second-order valence-electron chi connectivity index (χ2n) is 1.14. The third-order valence-electron chi connectivity index (χ3n) is 0. The highest BCUT2D eigenvalue weighted by atomic mass is 16.3. The molecule has 7 N–H and O–H groups in total. The van der Waals surface area contributed by atoms with Gasteiger partial charge in [-0.25, -0.2) is 4.79 Å². The first-order valence-corrected chi connectivity index (χ1v) is 1.95. The van der Waals surface area contributed by atoms with Crippen LogP contribution in [0.1, 0.15) is 6.92 Å². The van der Waals surface area contributed by atoms with Crippen LogP contribution in [0.3, 0.4) is 0 Å². The molecule has 2 amide bonds. The van der Waals surface area contributed by atoms with Crippen LogP contribution in [0, 0.1) is 0 Å². The molecule has 0 radical (unpaired) electrons. The number of primary amides is 2. The lowest BCUT2D eigenvalue weighted by molar-refractivity contribution is 0.203. The third-order valence-corrected chi connectivity index (χ3v) is 0. The highest BCUT2D eigenvalue weighted by Crippen LogP contribution is 1.50. The Balaban J connectivity index is 0. The van der Waals surface area contributed by atoms with E-state index in [9.17, 15) is 0 Å². The van der Waals surface area contributed by atoms with E-state index in [2.05, 4.69) is 17.2 Å². The number of hydrogen-bond acceptors (Lipinski definition) is 3. The highest BCUT2D eigenvalue weighted by molar-refractivity contribution is 5.69. The summed E-state index contributed by atoms with van der Waals surface area (Å²) in [5, 5.41) is 7.83. The molecule has 8 heavy (non-hydrogen) atoms. The van der Waals surface area contributed by atoms with Gasteiger partial charge in [-0.15, -0.1) is 0 Å².